The minimum absolute atomic E-state index is 0.0136. The standard InChI is InChI=1S/C15H26N4O2/c1-19(12-6-10-16)14(20)9-5-11-17-15(21)18-13-7-3-2-4-8-13/h13H,2-9,11-12H2,1H3,(H2,17,18,21). The summed E-state index contributed by atoms with van der Waals surface area (Å²) in [6.45, 7) is 0.960. The largest absolute Gasteiger partial charge is 0.345 e. The Hall–Kier alpha value is -1.77. The van der Waals surface area contributed by atoms with Crippen molar-refractivity contribution in [3.05, 3.63) is 0 Å². The first kappa shape index (κ1) is 17.3. The van der Waals surface area contributed by atoms with E-state index in [0.717, 1.165) is 12.8 Å². The van der Waals surface area contributed by atoms with Crippen molar-refractivity contribution in [2.75, 3.05) is 20.1 Å². The third-order valence-electron chi connectivity index (χ3n) is 3.78. The van der Waals surface area contributed by atoms with Gasteiger partial charge in [-0.15, -0.1) is 0 Å². The van der Waals surface area contributed by atoms with Crippen LogP contribution in [0.1, 0.15) is 51.4 Å². The molecule has 0 bridgehead atoms. The number of nitriles is 1. The molecule has 0 spiro atoms. The molecule has 0 aromatic rings. The van der Waals surface area contributed by atoms with Gasteiger partial charge in [0.1, 0.15) is 0 Å². The first-order valence-electron chi connectivity index (χ1n) is 7.78. The van der Waals surface area contributed by atoms with Crippen molar-refractivity contribution >= 4 is 11.9 Å². The fourth-order valence-corrected chi connectivity index (χ4v) is 2.46. The van der Waals surface area contributed by atoms with Crippen molar-refractivity contribution < 1.29 is 9.59 Å². The van der Waals surface area contributed by atoms with Gasteiger partial charge in [-0.1, -0.05) is 19.3 Å². The fraction of sp³-hybridized carbons (Fsp3) is 0.800. The van der Waals surface area contributed by atoms with Crippen LogP contribution in [0.25, 0.3) is 0 Å². The second-order valence-corrected chi connectivity index (χ2v) is 5.56. The van der Waals surface area contributed by atoms with Crippen LogP contribution in [-0.2, 0) is 4.79 Å². The van der Waals surface area contributed by atoms with Gasteiger partial charge in [0.15, 0.2) is 0 Å². The maximum absolute atomic E-state index is 11.7. The van der Waals surface area contributed by atoms with Gasteiger partial charge in [0.2, 0.25) is 5.91 Å². The van der Waals surface area contributed by atoms with Gasteiger partial charge in [0.05, 0.1) is 12.5 Å². The van der Waals surface area contributed by atoms with Crippen LogP contribution in [0.3, 0.4) is 0 Å². The first-order valence-corrected chi connectivity index (χ1v) is 7.78. The minimum Gasteiger partial charge on any atom is -0.345 e. The summed E-state index contributed by atoms with van der Waals surface area (Å²) in [5.41, 5.74) is 0. The normalized spacial score (nSPS) is 15.0. The van der Waals surface area contributed by atoms with Gasteiger partial charge in [-0.2, -0.15) is 5.26 Å². The van der Waals surface area contributed by atoms with Crippen molar-refractivity contribution in [3.63, 3.8) is 0 Å². The molecule has 0 aromatic carbocycles. The molecular formula is C15H26N4O2. The topological polar surface area (TPSA) is 85.2 Å². The Morgan fingerprint density at radius 3 is 2.67 bits per heavy atom. The van der Waals surface area contributed by atoms with E-state index in [9.17, 15) is 9.59 Å². The Morgan fingerprint density at radius 2 is 2.00 bits per heavy atom. The first-order chi connectivity index (χ1) is 10.1. The van der Waals surface area contributed by atoms with Gasteiger partial charge in [0.25, 0.3) is 0 Å². The lowest BCUT2D eigenvalue weighted by Gasteiger charge is -2.22. The third-order valence-corrected chi connectivity index (χ3v) is 3.78. The van der Waals surface area contributed by atoms with Crippen molar-refractivity contribution in [3.8, 4) is 6.07 Å². The number of nitrogens with zero attached hydrogens (tertiary/aromatic N) is 2. The van der Waals surface area contributed by atoms with Gasteiger partial charge in [-0.05, 0) is 19.3 Å². The summed E-state index contributed by atoms with van der Waals surface area (Å²) in [6, 6.07) is 2.19. The Bertz CT molecular complexity index is 372. The molecular weight excluding hydrogens is 268 g/mol. The quantitative estimate of drug-likeness (QED) is 0.702. The van der Waals surface area contributed by atoms with Crippen LogP contribution in [0.15, 0.2) is 0 Å². The Kier molecular flexibility index (Phi) is 8.25. The van der Waals surface area contributed by atoms with E-state index in [0.29, 0.717) is 38.4 Å². The molecule has 1 fully saturated rings. The Morgan fingerprint density at radius 1 is 1.29 bits per heavy atom. The maximum Gasteiger partial charge on any atom is 0.315 e. The highest BCUT2D eigenvalue weighted by Gasteiger charge is 2.15. The molecule has 0 saturated heterocycles. The predicted molar refractivity (Wildman–Crippen MR) is 80.5 cm³/mol. The smallest absolute Gasteiger partial charge is 0.315 e. The zero-order valence-corrected chi connectivity index (χ0v) is 12.9. The number of carbonyl (C=O) groups excluding carboxylic acids is 2. The number of carbonyl (C=O) groups is 2. The van der Waals surface area contributed by atoms with Crippen LogP contribution >= 0.6 is 0 Å². The maximum atomic E-state index is 11.7. The third kappa shape index (κ3) is 7.54. The molecule has 0 radical (unpaired) electrons. The number of hydrogen-bond acceptors (Lipinski definition) is 3. The van der Waals surface area contributed by atoms with Gasteiger partial charge < -0.3 is 15.5 Å². The molecule has 0 atom stereocenters. The van der Waals surface area contributed by atoms with E-state index in [4.69, 9.17) is 5.26 Å². The highest BCUT2D eigenvalue weighted by Crippen LogP contribution is 2.17. The fourth-order valence-electron chi connectivity index (χ4n) is 2.46. The van der Waals surface area contributed by atoms with Crippen LogP contribution in [0, 0.1) is 11.3 Å². The molecule has 3 amide bonds. The number of rotatable bonds is 7. The van der Waals surface area contributed by atoms with E-state index in [1.165, 1.54) is 19.3 Å². The van der Waals surface area contributed by atoms with Crippen LogP contribution < -0.4 is 10.6 Å². The SMILES string of the molecule is CN(CCC#N)C(=O)CCCNC(=O)NC1CCCCC1. The summed E-state index contributed by atoms with van der Waals surface area (Å²) >= 11 is 0. The molecule has 1 aliphatic rings. The van der Waals surface area contributed by atoms with Crippen LogP contribution in [-0.4, -0.2) is 43.0 Å². The number of urea groups is 1. The second kappa shape index (κ2) is 10.0. The zero-order chi connectivity index (χ0) is 15.5. The van der Waals surface area contributed by atoms with Crippen molar-refractivity contribution in [1.29, 1.82) is 5.26 Å². The number of nitrogens with one attached hydrogen (secondary N) is 2. The monoisotopic (exact) mass is 294 g/mol. The van der Waals surface area contributed by atoms with E-state index in [2.05, 4.69) is 10.6 Å². The molecule has 0 aromatic heterocycles. The average molecular weight is 294 g/mol. The molecule has 118 valence electrons. The second-order valence-electron chi connectivity index (χ2n) is 5.56. The summed E-state index contributed by atoms with van der Waals surface area (Å²) < 4.78 is 0. The Labute approximate surface area is 126 Å². The predicted octanol–water partition coefficient (Wildman–Crippen LogP) is 1.77. The molecule has 6 heteroatoms. The van der Waals surface area contributed by atoms with E-state index >= 15 is 0 Å². The molecule has 2 N–H and O–H groups in total. The Balaban J connectivity index is 2.06. The lowest BCUT2D eigenvalue weighted by molar-refractivity contribution is -0.129. The highest BCUT2D eigenvalue weighted by atomic mass is 16.2. The molecule has 6 nitrogen and oxygen atoms in total. The van der Waals surface area contributed by atoms with Crippen LogP contribution in [0.2, 0.25) is 0 Å². The molecule has 1 saturated carbocycles. The molecule has 0 unspecified atom stereocenters. The molecule has 1 rings (SSSR count). The van der Waals surface area contributed by atoms with Crippen molar-refractivity contribution in [1.82, 2.24) is 15.5 Å². The summed E-state index contributed by atoms with van der Waals surface area (Å²) in [6.07, 6.45) is 7.14. The highest BCUT2D eigenvalue weighted by molar-refractivity contribution is 5.76. The summed E-state index contributed by atoms with van der Waals surface area (Å²) in [5, 5.41) is 14.2. The van der Waals surface area contributed by atoms with Gasteiger partial charge >= 0.3 is 6.03 Å². The molecule has 1 aliphatic carbocycles. The van der Waals surface area contributed by atoms with Crippen molar-refractivity contribution in [2.45, 2.75) is 57.4 Å². The lowest BCUT2D eigenvalue weighted by atomic mass is 9.96. The number of hydrogen-bond donors (Lipinski definition) is 2. The summed E-state index contributed by atoms with van der Waals surface area (Å²) in [5.74, 6) is 0.0136. The van der Waals surface area contributed by atoms with Crippen molar-refractivity contribution in [2.24, 2.45) is 0 Å². The zero-order valence-electron chi connectivity index (χ0n) is 12.9. The number of amides is 3. The van der Waals surface area contributed by atoms with Gasteiger partial charge in [-0.3, -0.25) is 4.79 Å². The molecule has 0 aliphatic heterocycles. The van der Waals surface area contributed by atoms with Gasteiger partial charge in [-0.25, -0.2) is 4.79 Å². The van der Waals surface area contributed by atoms with E-state index in [-0.39, 0.29) is 11.9 Å². The summed E-state index contributed by atoms with van der Waals surface area (Å²) in [4.78, 5) is 24.9. The van der Waals surface area contributed by atoms with E-state index in [1.807, 2.05) is 6.07 Å². The minimum atomic E-state index is -0.132. The van der Waals surface area contributed by atoms with Crippen LogP contribution in [0.5, 0.6) is 0 Å². The van der Waals surface area contributed by atoms with Gasteiger partial charge in [0, 0.05) is 32.6 Å². The van der Waals surface area contributed by atoms with Crippen LogP contribution in [0.4, 0.5) is 4.79 Å². The van der Waals surface area contributed by atoms with E-state index < -0.39 is 0 Å². The average Bonchev–Trinajstić information content (AvgIpc) is 2.49. The lowest BCUT2D eigenvalue weighted by Crippen LogP contribution is -2.43. The molecule has 0 heterocycles. The summed E-state index contributed by atoms with van der Waals surface area (Å²) in [7, 11) is 1.70. The molecule has 21 heavy (non-hydrogen) atoms. The van der Waals surface area contributed by atoms with E-state index in [1.54, 1.807) is 11.9 Å².